The van der Waals surface area contributed by atoms with Gasteiger partial charge in [0, 0.05) is 47.3 Å². The van der Waals surface area contributed by atoms with Crippen molar-refractivity contribution in [3.05, 3.63) is 176 Å². The molecule has 0 radical (unpaired) electrons. The Balaban J connectivity index is 1.14. The first-order chi connectivity index (χ1) is 23.7. The van der Waals surface area contributed by atoms with Crippen LogP contribution in [-0.4, -0.2) is 9.55 Å². The molecule has 0 N–H and O–H groups in total. The van der Waals surface area contributed by atoms with Crippen LogP contribution >= 0.6 is 18.5 Å². The highest BCUT2D eigenvalue weighted by molar-refractivity contribution is 7.85. The normalized spacial score (nSPS) is 11.8. The van der Waals surface area contributed by atoms with Gasteiger partial charge in [0.15, 0.2) is 7.14 Å². The Morgan fingerprint density at radius 2 is 1.04 bits per heavy atom. The minimum absolute atomic E-state index is 0.844. The van der Waals surface area contributed by atoms with E-state index in [1.165, 1.54) is 14.8 Å². The third kappa shape index (κ3) is 4.73. The molecule has 5 heteroatoms. The molecular weight excluding hydrogens is 624 g/mol. The van der Waals surface area contributed by atoms with E-state index in [1.807, 2.05) is 72.8 Å². The summed E-state index contributed by atoms with van der Waals surface area (Å²) in [6.45, 7) is 0. The largest absolute Gasteiger partial charge is 0.309 e. The van der Waals surface area contributed by atoms with Gasteiger partial charge in [-0.3, -0.25) is 4.57 Å². The number of nitrogens with zero attached hydrogens (tertiary/aromatic N) is 2. The molecule has 0 atom stereocenters. The van der Waals surface area contributed by atoms with Gasteiger partial charge in [-0.05, 0) is 65.7 Å². The zero-order valence-electron chi connectivity index (χ0n) is 25.9. The number of thiophene rings is 1. The Bertz CT molecular complexity index is 2580. The highest BCUT2D eigenvalue weighted by Gasteiger charge is 2.30. The molecule has 0 saturated carbocycles. The standard InChI is InChI=1S/C43H29N2OPS/c46-47(34-14-6-2-7-15-34,35-16-8-3-9-17-35)36-25-27-42-38(29-36)37-28-32(22-26-41(37)48-42)30-20-23-33(24-21-30)45-40-19-11-10-18-39(40)44-43(45)31-12-4-1-5-13-31/h1-29H. The summed E-state index contributed by atoms with van der Waals surface area (Å²) < 4.78 is 19.8. The fourth-order valence-electron chi connectivity index (χ4n) is 6.74. The summed E-state index contributed by atoms with van der Waals surface area (Å²) in [7, 11) is -3.08. The van der Waals surface area contributed by atoms with Crippen LogP contribution in [0.15, 0.2) is 176 Å². The summed E-state index contributed by atoms with van der Waals surface area (Å²) in [5.41, 5.74) is 6.48. The van der Waals surface area contributed by atoms with Crippen LogP contribution in [0, 0.1) is 0 Å². The van der Waals surface area contributed by atoms with Crippen LogP contribution in [0.2, 0.25) is 0 Å². The summed E-state index contributed by atoms with van der Waals surface area (Å²) in [4.78, 5) is 5.00. The molecule has 0 aliphatic heterocycles. The fourth-order valence-corrected chi connectivity index (χ4v) is 10.5. The number of hydrogen-bond acceptors (Lipinski definition) is 3. The number of fused-ring (bicyclic) bond motifs is 4. The second-order valence-electron chi connectivity index (χ2n) is 11.9. The maximum atomic E-state index is 15.1. The molecule has 0 aliphatic carbocycles. The van der Waals surface area contributed by atoms with Gasteiger partial charge in [0.05, 0.1) is 11.0 Å². The quantitative estimate of drug-likeness (QED) is 0.168. The lowest BCUT2D eigenvalue weighted by Gasteiger charge is -2.20. The molecule has 0 saturated heterocycles. The van der Waals surface area contributed by atoms with Crippen LogP contribution in [-0.2, 0) is 4.57 Å². The van der Waals surface area contributed by atoms with E-state index in [2.05, 4.69) is 108 Å². The van der Waals surface area contributed by atoms with E-state index in [1.54, 1.807) is 11.3 Å². The zero-order chi connectivity index (χ0) is 32.1. The van der Waals surface area contributed by atoms with Gasteiger partial charge in [-0.1, -0.05) is 121 Å². The fraction of sp³-hybridized carbons (Fsp3) is 0. The number of para-hydroxylation sites is 2. The second-order valence-corrected chi connectivity index (χ2v) is 15.8. The van der Waals surface area contributed by atoms with E-state index in [0.29, 0.717) is 0 Å². The molecule has 0 unspecified atom stereocenters. The number of benzene rings is 7. The van der Waals surface area contributed by atoms with Crippen molar-refractivity contribution in [2.45, 2.75) is 0 Å². The average Bonchev–Trinajstić information content (AvgIpc) is 3.74. The van der Waals surface area contributed by atoms with E-state index in [-0.39, 0.29) is 0 Å². The van der Waals surface area contributed by atoms with Crippen LogP contribution in [0.5, 0.6) is 0 Å². The smallest absolute Gasteiger partial charge is 0.171 e. The van der Waals surface area contributed by atoms with E-state index in [9.17, 15) is 0 Å². The van der Waals surface area contributed by atoms with Crippen molar-refractivity contribution in [1.82, 2.24) is 9.55 Å². The van der Waals surface area contributed by atoms with Crippen LogP contribution in [0.25, 0.3) is 59.4 Å². The Labute approximate surface area is 282 Å². The minimum atomic E-state index is -3.08. The summed E-state index contributed by atoms with van der Waals surface area (Å²) in [5, 5.41) is 4.85. The molecule has 228 valence electrons. The first-order valence-corrected chi connectivity index (χ1v) is 18.5. The summed E-state index contributed by atoms with van der Waals surface area (Å²) >= 11 is 1.78. The molecule has 0 fully saturated rings. The van der Waals surface area contributed by atoms with Crippen molar-refractivity contribution in [1.29, 1.82) is 0 Å². The Hall–Kier alpha value is -5.54. The lowest BCUT2D eigenvalue weighted by atomic mass is 10.0. The minimum Gasteiger partial charge on any atom is -0.309 e. The molecule has 0 amide bonds. The van der Waals surface area contributed by atoms with Crippen molar-refractivity contribution in [3.8, 4) is 28.2 Å². The van der Waals surface area contributed by atoms with Crippen molar-refractivity contribution < 1.29 is 4.57 Å². The Kier molecular flexibility index (Phi) is 6.93. The van der Waals surface area contributed by atoms with Crippen molar-refractivity contribution in [2.75, 3.05) is 0 Å². The molecule has 2 heterocycles. The van der Waals surface area contributed by atoms with Gasteiger partial charge in [-0.25, -0.2) is 4.98 Å². The van der Waals surface area contributed by atoms with Gasteiger partial charge in [-0.2, -0.15) is 0 Å². The third-order valence-electron chi connectivity index (χ3n) is 9.11. The van der Waals surface area contributed by atoms with E-state index < -0.39 is 7.14 Å². The predicted molar refractivity (Wildman–Crippen MR) is 204 cm³/mol. The molecule has 3 nitrogen and oxygen atoms in total. The van der Waals surface area contributed by atoms with Crippen LogP contribution in [0.1, 0.15) is 0 Å². The molecule has 7 aromatic carbocycles. The Morgan fingerprint density at radius 1 is 0.479 bits per heavy atom. The molecule has 9 aromatic rings. The van der Waals surface area contributed by atoms with Gasteiger partial charge in [0.25, 0.3) is 0 Å². The van der Waals surface area contributed by atoms with E-state index in [4.69, 9.17) is 4.98 Å². The van der Waals surface area contributed by atoms with E-state index in [0.717, 1.165) is 60.5 Å². The topological polar surface area (TPSA) is 34.9 Å². The average molecular weight is 653 g/mol. The van der Waals surface area contributed by atoms with Crippen LogP contribution in [0.4, 0.5) is 0 Å². The second kappa shape index (κ2) is 11.6. The van der Waals surface area contributed by atoms with Gasteiger partial charge in [0.1, 0.15) is 5.82 Å². The summed E-state index contributed by atoms with van der Waals surface area (Å²) in [5.74, 6) is 0.926. The van der Waals surface area contributed by atoms with Crippen molar-refractivity contribution in [2.24, 2.45) is 0 Å². The van der Waals surface area contributed by atoms with Crippen molar-refractivity contribution in [3.63, 3.8) is 0 Å². The number of aromatic nitrogens is 2. The highest BCUT2D eigenvalue weighted by Crippen LogP contribution is 2.45. The Morgan fingerprint density at radius 3 is 1.73 bits per heavy atom. The molecular formula is C43H29N2OPS. The molecule has 0 aliphatic rings. The first-order valence-electron chi connectivity index (χ1n) is 16.0. The highest BCUT2D eigenvalue weighted by atomic mass is 32.1. The molecule has 0 bridgehead atoms. The maximum Gasteiger partial charge on any atom is 0.171 e. The van der Waals surface area contributed by atoms with E-state index >= 15 is 4.57 Å². The number of imidazole rings is 1. The van der Waals surface area contributed by atoms with Crippen molar-refractivity contribution >= 4 is 65.6 Å². The number of rotatable bonds is 6. The first kappa shape index (κ1) is 28.7. The lowest BCUT2D eigenvalue weighted by Crippen LogP contribution is -2.24. The summed E-state index contributed by atoms with van der Waals surface area (Å²) in [6, 6.07) is 60.2. The van der Waals surface area contributed by atoms with Gasteiger partial charge < -0.3 is 4.57 Å². The molecule has 48 heavy (non-hydrogen) atoms. The molecule has 2 aromatic heterocycles. The molecule has 9 rings (SSSR count). The predicted octanol–water partition coefficient (Wildman–Crippen LogP) is 10.4. The van der Waals surface area contributed by atoms with Crippen LogP contribution in [0.3, 0.4) is 0 Å². The number of hydrogen-bond donors (Lipinski definition) is 0. The SMILES string of the molecule is O=P(c1ccccc1)(c1ccccc1)c1ccc2sc3ccc(-c4ccc(-n5c(-c6ccccc6)nc6ccccc65)cc4)cc3c2c1. The maximum absolute atomic E-state index is 15.1. The van der Waals surface area contributed by atoms with Crippen LogP contribution < -0.4 is 15.9 Å². The zero-order valence-corrected chi connectivity index (χ0v) is 27.6. The molecule has 0 spiro atoms. The van der Waals surface area contributed by atoms with Gasteiger partial charge in [0.2, 0.25) is 0 Å². The van der Waals surface area contributed by atoms with Gasteiger partial charge >= 0.3 is 0 Å². The lowest BCUT2D eigenvalue weighted by molar-refractivity contribution is 0.592. The third-order valence-corrected chi connectivity index (χ3v) is 13.3. The monoisotopic (exact) mass is 652 g/mol. The van der Waals surface area contributed by atoms with Gasteiger partial charge in [-0.15, -0.1) is 11.3 Å². The summed E-state index contributed by atoms with van der Waals surface area (Å²) in [6.07, 6.45) is 0.